The number of sulfonamides is 1. The first-order valence-corrected chi connectivity index (χ1v) is 12.1. The van der Waals surface area contributed by atoms with Crippen molar-refractivity contribution >= 4 is 45.6 Å². The summed E-state index contributed by atoms with van der Waals surface area (Å²) in [5.41, 5.74) is 2.90. The van der Waals surface area contributed by atoms with E-state index >= 15 is 0 Å². The lowest BCUT2D eigenvalue weighted by molar-refractivity contribution is 0.284. The van der Waals surface area contributed by atoms with Gasteiger partial charge in [-0.25, -0.2) is 13.6 Å². The van der Waals surface area contributed by atoms with Crippen molar-refractivity contribution in [3.8, 4) is 11.5 Å². The van der Waals surface area contributed by atoms with E-state index < -0.39 is 10.0 Å². The molecule has 0 radical (unpaired) electrons. The highest BCUT2D eigenvalue weighted by Gasteiger charge is 2.09. The summed E-state index contributed by atoms with van der Waals surface area (Å²) in [6, 6.07) is 17.6. The first-order valence-electron chi connectivity index (χ1n) is 9.82. The number of nitrogens with one attached hydrogen (secondary N) is 1. The minimum atomic E-state index is -3.66. The molecule has 0 bridgehead atoms. The van der Waals surface area contributed by atoms with Crippen molar-refractivity contribution in [3.05, 3.63) is 87.4 Å². The van der Waals surface area contributed by atoms with E-state index in [1.165, 1.54) is 12.1 Å². The normalized spacial score (nSPS) is 11.0. The third kappa shape index (κ3) is 8.07. The Morgan fingerprint density at radius 2 is 1.64 bits per heavy atom. The van der Waals surface area contributed by atoms with Crippen LogP contribution in [-0.2, 0) is 29.6 Å². The number of hydrogen-bond acceptors (Lipinski definition) is 5. The van der Waals surface area contributed by atoms with E-state index in [1.807, 2.05) is 24.3 Å². The fourth-order valence-electron chi connectivity index (χ4n) is 3.05. The Kier molecular flexibility index (Phi) is 10.3. The van der Waals surface area contributed by atoms with Crippen molar-refractivity contribution in [2.24, 2.45) is 5.14 Å². The second kappa shape index (κ2) is 12.5. The topological polar surface area (TPSA) is 90.6 Å². The molecule has 0 aliphatic carbocycles. The van der Waals surface area contributed by atoms with Gasteiger partial charge in [-0.05, 0) is 60.5 Å². The maximum Gasteiger partial charge on any atom is 0.238 e. The third-order valence-electron chi connectivity index (χ3n) is 4.80. The largest absolute Gasteiger partial charge is 0.493 e. The van der Waals surface area contributed by atoms with Crippen LogP contribution >= 0.6 is 35.6 Å². The molecule has 0 saturated heterocycles. The Hall–Kier alpha value is -2.00. The van der Waals surface area contributed by atoms with Crippen LogP contribution in [0.25, 0.3) is 0 Å². The summed E-state index contributed by atoms with van der Waals surface area (Å²) in [6.07, 6.45) is 0.755. The Balaban J connectivity index is 0.00000385. The molecule has 3 N–H and O–H groups in total. The zero-order chi connectivity index (χ0) is 23.1. The molecule has 0 spiro atoms. The molecule has 0 aliphatic heterocycles. The van der Waals surface area contributed by atoms with E-state index in [9.17, 15) is 8.42 Å². The zero-order valence-corrected chi connectivity index (χ0v) is 21.0. The standard InChI is InChI=1S/C23H24Cl2N2O4S.ClH/c1-30-23-12-17(4-9-22(23)31-15-18-5-6-19(24)13-21(18)25)14-27-11-10-16-2-7-20(8-3-16)32(26,28)29;/h2-9,12-13,27H,10-11,14-15H2,1H3,(H2,26,28,29);1H. The van der Waals surface area contributed by atoms with E-state index in [0.717, 1.165) is 29.7 Å². The molecule has 3 aromatic carbocycles. The number of ether oxygens (including phenoxy) is 2. The van der Waals surface area contributed by atoms with Gasteiger partial charge in [0.15, 0.2) is 11.5 Å². The molecule has 3 rings (SSSR count). The Bertz CT molecular complexity index is 1170. The number of benzene rings is 3. The molecule has 0 atom stereocenters. The first-order chi connectivity index (χ1) is 15.3. The zero-order valence-electron chi connectivity index (χ0n) is 17.9. The van der Waals surface area contributed by atoms with Crippen LogP contribution in [0.1, 0.15) is 16.7 Å². The summed E-state index contributed by atoms with van der Waals surface area (Å²) >= 11 is 12.1. The van der Waals surface area contributed by atoms with Gasteiger partial charge >= 0.3 is 0 Å². The second-order valence-electron chi connectivity index (χ2n) is 7.13. The van der Waals surface area contributed by atoms with Crippen molar-refractivity contribution in [1.29, 1.82) is 0 Å². The van der Waals surface area contributed by atoms with Gasteiger partial charge in [0.1, 0.15) is 6.61 Å². The molecule has 0 unspecified atom stereocenters. The van der Waals surface area contributed by atoms with Crippen LogP contribution in [0.3, 0.4) is 0 Å². The molecule has 6 nitrogen and oxygen atoms in total. The highest BCUT2D eigenvalue weighted by Crippen LogP contribution is 2.30. The Morgan fingerprint density at radius 1 is 0.939 bits per heavy atom. The minimum Gasteiger partial charge on any atom is -0.493 e. The van der Waals surface area contributed by atoms with Crippen LogP contribution in [0.4, 0.5) is 0 Å². The van der Waals surface area contributed by atoms with E-state index in [2.05, 4.69) is 5.32 Å². The van der Waals surface area contributed by atoms with Crippen LogP contribution in [0.5, 0.6) is 11.5 Å². The SMILES string of the molecule is COc1cc(CNCCc2ccc(S(N)(=O)=O)cc2)ccc1OCc1ccc(Cl)cc1Cl.Cl. The molecule has 0 aromatic heterocycles. The first kappa shape index (κ1) is 27.2. The van der Waals surface area contributed by atoms with E-state index in [4.69, 9.17) is 37.8 Å². The molecule has 33 heavy (non-hydrogen) atoms. The van der Waals surface area contributed by atoms with E-state index in [0.29, 0.717) is 34.7 Å². The van der Waals surface area contributed by atoms with Gasteiger partial charge < -0.3 is 14.8 Å². The number of hydrogen-bond donors (Lipinski definition) is 2. The predicted molar refractivity (Wildman–Crippen MR) is 134 cm³/mol. The molecule has 10 heteroatoms. The minimum absolute atomic E-state index is 0. The van der Waals surface area contributed by atoms with E-state index in [-0.39, 0.29) is 17.3 Å². The van der Waals surface area contributed by atoms with Crippen molar-refractivity contribution in [3.63, 3.8) is 0 Å². The smallest absolute Gasteiger partial charge is 0.238 e. The molecule has 0 fully saturated rings. The van der Waals surface area contributed by atoms with Crippen molar-refractivity contribution in [2.75, 3.05) is 13.7 Å². The average Bonchev–Trinajstić information content (AvgIpc) is 2.76. The lowest BCUT2D eigenvalue weighted by Crippen LogP contribution is -2.17. The molecule has 0 amide bonds. The maximum absolute atomic E-state index is 11.3. The third-order valence-corrected chi connectivity index (χ3v) is 6.31. The van der Waals surface area contributed by atoms with Crippen LogP contribution in [0.15, 0.2) is 65.6 Å². The lowest BCUT2D eigenvalue weighted by Gasteiger charge is -2.13. The molecule has 178 valence electrons. The van der Waals surface area contributed by atoms with Gasteiger partial charge in [0.05, 0.1) is 12.0 Å². The van der Waals surface area contributed by atoms with E-state index in [1.54, 1.807) is 31.4 Å². The summed E-state index contributed by atoms with van der Waals surface area (Å²) in [5, 5.41) is 9.61. The van der Waals surface area contributed by atoms with Crippen LogP contribution in [0.2, 0.25) is 10.0 Å². The Morgan fingerprint density at radius 3 is 2.27 bits per heavy atom. The highest BCUT2D eigenvalue weighted by atomic mass is 35.5. The monoisotopic (exact) mass is 530 g/mol. The molecule has 3 aromatic rings. The summed E-state index contributed by atoms with van der Waals surface area (Å²) in [5.74, 6) is 1.25. The van der Waals surface area contributed by atoms with Gasteiger partial charge in [0.2, 0.25) is 10.0 Å². The number of rotatable bonds is 10. The van der Waals surface area contributed by atoms with Gasteiger partial charge in [-0.1, -0.05) is 47.5 Å². The number of nitrogens with two attached hydrogens (primary N) is 1. The van der Waals surface area contributed by atoms with Crippen LogP contribution < -0.4 is 19.9 Å². The number of halogens is 3. The van der Waals surface area contributed by atoms with Crippen LogP contribution in [0, 0.1) is 0 Å². The maximum atomic E-state index is 11.3. The summed E-state index contributed by atoms with van der Waals surface area (Å²) in [4.78, 5) is 0.113. The molecule has 0 saturated carbocycles. The van der Waals surface area contributed by atoms with Crippen molar-refractivity contribution in [1.82, 2.24) is 5.32 Å². The van der Waals surface area contributed by atoms with Gasteiger partial charge in [-0.2, -0.15) is 0 Å². The second-order valence-corrected chi connectivity index (χ2v) is 9.53. The fraction of sp³-hybridized carbons (Fsp3) is 0.217. The summed E-state index contributed by atoms with van der Waals surface area (Å²) < 4.78 is 34.0. The average molecular weight is 532 g/mol. The highest BCUT2D eigenvalue weighted by molar-refractivity contribution is 7.89. The quantitative estimate of drug-likeness (QED) is 0.360. The van der Waals surface area contributed by atoms with Gasteiger partial charge in [-0.15, -0.1) is 12.4 Å². The van der Waals surface area contributed by atoms with Crippen LogP contribution in [-0.4, -0.2) is 22.1 Å². The molecular formula is C23H25Cl3N2O4S. The predicted octanol–water partition coefficient (Wildman–Crippen LogP) is 4.98. The molecule has 0 aliphatic rings. The van der Waals surface area contributed by atoms with Gasteiger partial charge in [0.25, 0.3) is 0 Å². The fourth-order valence-corrected chi connectivity index (χ4v) is 4.03. The van der Waals surface area contributed by atoms with Crippen molar-refractivity contribution < 1.29 is 17.9 Å². The van der Waals surface area contributed by atoms with Crippen molar-refractivity contribution in [2.45, 2.75) is 24.5 Å². The Labute approximate surface area is 210 Å². The van der Waals surface area contributed by atoms with Gasteiger partial charge in [-0.3, -0.25) is 0 Å². The lowest BCUT2D eigenvalue weighted by atomic mass is 10.1. The molecule has 0 heterocycles. The number of methoxy groups -OCH3 is 1. The summed E-state index contributed by atoms with van der Waals surface area (Å²) in [7, 11) is -2.07. The summed E-state index contributed by atoms with van der Waals surface area (Å²) in [6.45, 7) is 1.67. The van der Waals surface area contributed by atoms with Gasteiger partial charge in [0, 0.05) is 22.2 Å². The molecular weight excluding hydrogens is 507 g/mol. The number of primary sulfonamides is 1.